The maximum Gasteiger partial charge on any atom is 0.326 e. The number of halogens is 3. The van der Waals surface area contributed by atoms with E-state index >= 15 is 0 Å². The van der Waals surface area contributed by atoms with Gasteiger partial charge in [0.2, 0.25) is 0 Å². The highest BCUT2D eigenvalue weighted by atomic mass is 35.5. The predicted molar refractivity (Wildman–Crippen MR) is 113 cm³/mol. The van der Waals surface area contributed by atoms with Gasteiger partial charge in [-0.15, -0.1) is 0 Å². The van der Waals surface area contributed by atoms with Crippen LogP contribution in [0.4, 0.5) is 10.5 Å². The largest absolute Gasteiger partial charge is 0.326 e. The molecular formula is C19H12Cl3N3O3S. The number of anilines is 1. The summed E-state index contributed by atoms with van der Waals surface area (Å²) in [5.74, 6) is -0.744. The first-order valence-electron chi connectivity index (χ1n) is 8.05. The quantitative estimate of drug-likeness (QED) is 0.553. The van der Waals surface area contributed by atoms with Crippen molar-refractivity contribution in [3.05, 3.63) is 81.4 Å². The van der Waals surface area contributed by atoms with Gasteiger partial charge < -0.3 is 5.32 Å². The second-order valence-electron chi connectivity index (χ2n) is 5.61. The maximum atomic E-state index is 12.5. The molecule has 2 aromatic carbocycles. The van der Waals surface area contributed by atoms with E-state index in [-0.39, 0.29) is 15.6 Å². The average Bonchev–Trinajstić information content (AvgIpc) is 2.68. The van der Waals surface area contributed by atoms with Gasteiger partial charge in [0.1, 0.15) is 15.8 Å². The Morgan fingerprint density at radius 2 is 1.55 bits per heavy atom. The van der Waals surface area contributed by atoms with Gasteiger partial charge in [-0.25, -0.2) is 14.0 Å². The number of carbonyl (C=O) groups is 2. The van der Waals surface area contributed by atoms with E-state index in [1.807, 2.05) is 0 Å². The Kier molecular flexibility index (Phi) is 6.87. The molecule has 1 aromatic heterocycles. The number of aromatic nitrogens is 1. The zero-order valence-electron chi connectivity index (χ0n) is 14.5. The number of carbonyl (C=O) groups excluding carboxylic acids is 2. The molecular weight excluding hydrogens is 457 g/mol. The van der Waals surface area contributed by atoms with Crippen LogP contribution in [0.1, 0.15) is 10.4 Å². The summed E-state index contributed by atoms with van der Waals surface area (Å²) in [7, 11) is -1.50. The normalized spacial score (nSPS) is 11.6. The molecule has 0 fully saturated rings. The molecule has 0 bridgehead atoms. The molecule has 10 heteroatoms. The number of hydrogen-bond acceptors (Lipinski definition) is 4. The van der Waals surface area contributed by atoms with Crippen molar-refractivity contribution in [1.82, 2.24) is 10.3 Å². The summed E-state index contributed by atoms with van der Waals surface area (Å²) in [6, 6.07) is 13.4. The number of pyridine rings is 1. The van der Waals surface area contributed by atoms with Crippen molar-refractivity contribution in [1.29, 1.82) is 0 Å². The van der Waals surface area contributed by atoms with Gasteiger partial charge in [0, 0.05) is 9.92 Å². The van der Waals surface area contributed by atoms with Crippen molar-refractivity contribution in [3.8, 4) is 0 Å². The third kappa shape index (κ3) is 5.33. The lowest BCUT2D eigenvalue weighted by Crippen LogP contribution is -2.34. The van der Waals surface area contributed by atoms with Gasteiger partial charge in [0.05, 0.1) is 27.5 Å². The minimum absolute atomic E-state index is 0.00202. The molecule has 1 atom stereocenters. The van der Waals surface area contributed by atoms with Crippen LogP contribution in [-0.2, 0) is 10.8 Å². The number of nitrogens with zero attached hydrogens (tertiary/aromatic N) is 1. The summed E-state index contributed by atoms with van der Waals surface area (Å²) in [6.45, 7) is 0. The Morgan fingerprint density at radius 3 is 2.14 bits per heavy atom. The number of rotatable bonds is 4. The molecule has 29 heavy (non-hydrogen) atoms. The highest BCUT2D eigenvalue weighted by Crippen LogP contribution is 2.24. The van der Waals surface area contributed by atoms with E-state index in [1.165, 1.54) is 30.5 Å². The number of benzene rings is 2. The molecule has 0 aliphatic carbocycles. The summed E-state index contributed by atoms with van der Waals surface area (Å²) < 4.78 is 12.5. The van der Waals surface area contributed by atoms with Crippen molar-refractivity contribution in [2.24, 2.45) is 0 Å². The molecule has 2 N–H and O–H groups in total. The lowest BCUT2D eigenvalue weighted by Gasteiger charge is -2.09. The van der Waals surface area contributed by atoms with Gasteiger partial charge in [-0.3, -0.25) is 10.1 Å². The average molecular weight is 469 g/mol. The molecule has 3 rings (SSSR count). The van der Waals surface area contributed by atoms with E-state index in [9.17, 15) is 13.8 Å². The van der Waals surface area contributed by atoms with Gasteiger partial charge >= 0.3 is 6.03 Å². The lowest BCUT2D eigenvalue weighted by atomic mass is 10.2. The first kappa shape index (κ1) is 21.3. The minimum atomic E-state index is -1.50. The van der Waals surface area contributed by atoms with E-state index < -0.39 is 22.7 Å². The van der Waals surface area contributed by atoms with E-state index in [0.717, 1.165) is 0 Å². The van der Waals surface area contributed by atoms with Crippen molar-refractivity contribution < 1.29 is 13.8 Å². The van der Waals surface area contributed by atoms with E-state index in [2.05, 4.69) is 15.6 Å². The molecule has 148 valence electrons. The van der Waals surface area contributed by atoms with Gasteiger partial charge in [-0.05, 0) is 48.5 Å². The fourth-order valence-corrected chi connectivity index (χ4v) is 3.95. The SMILES string of the molecule is O=C(NC(=O)c1c(Cl)cccc1Cl)Nc1ccc(S(=O)c2ccc(Cl)cc2)nc1. The number of amides is 3. The standard InChI is InChI=1S/C19H12Cl3N3O3S/c20-11-4-7-13(8-5-11)29(28)16-9-6-12(10-23-16)24-19(27)25-18(26)17-14(21)2-1-3-15(17)22/h1-10H,(H2,24,25,26,27). The molecule has 0 radical (unpaired) electrons. The van der Waals surface area contributed by atoms with Crippen LogP contribution in [0.5, 0.6) is 0 Å². The number of hydrogen-bond donors (Lipinski definition) is 2. The summed E-state index contributed by atoms with van der Waals surface area (Å²) in [6.07, 6.45) is 1.33. The second-order valence-corrected chi connectivity index (χ2v) is 8.29. The Morgan fingerprint density at radius 1 is 0.897 bits per heavy atom. The Balaban J connectivity index is 1.65. The molecule has 0 saturated carbocycles. The van der Waals surface area contributed by atoms with Crippen LogP contribution in [0.25, 0.3) is 0 Å². The highest BCUT2D eigenvalue weighted by Gasteiger charge is 2.17. The second kappa shape index (κ2) is 9.37. The third-order valence-electron chi connectivity index (χ3n) is 3.63. The van der Waals surface area contributed by atoms with Gasteiger partial charge in [-0.2, -0.15) is 0 Å². The molecule has 0 aliphatic rings. The van der Waals surface area contributed by atoms with Crippen molar-refractivity contribution in [2.45, 2.75) is 9.92 Å². The summed E-state index contributed by atoms with van der Waals surface area (Å²) >= 11 is 17.7. The van der Waals surface area contributed by atoms with Crippen LogP contribution < -0.4 is 10.6 Å². The van der Waals surface area contributed by atoms with Crippen LogP contribution in [0.3, 0.4) is 0 Å². The smallest absolute Gasteiger partial charge is 0.306 e. The summed E-state index contributed by atoms with van der Waals surface area (Å²) in [4.78, 5) is 28.9. The van der Waals surface area contributed by atoms with Crippen molar-refractivity contribution >= 4 is 63.2 Å². The Hall–Kier alpha value is -2.45. The van der Waals surface area contributed by atoms with Crippen molar-refractivity contribution in [3.63, 3.8) is 0 Å². The van der Waals surface area contributed by atoms with Crippen LogP contribution >= 0.6 is 34.8 Å². The van der Waals surface area contributed by atoms with Gasteiger partial charge in [-0.1, -0.05) is 40.9 Å². The molecule has 6 nitrogen and oxygen atoms in total. The number of nitrogens with one attached hydrogen (secondary N) is 2. The van der Waals surface area contributed by atoms with Crippen molar-refractivity contribution in [2.75, 3.05) is 5.32 Å². The summed E-state index contributed by atoms with van der Waals surface area (Å²) in [5.41, 5.74) is 0.301. The highest BCUT2D eigenvalue weighted by molar-refractivity contribution is 7.85. The van der Waals surface area contributed by atoms with E-state index in [4.69, 9.17) is 34.8 Å². The monoisotopic (exact) mass is 467 g/mol. The zero-order chi connectivity index (χ0) is 21.0. The fraction of sp³-hybridized carbons (Fsp3) is 0. The molecule has 0 saturated heterocycles. The summed E-state index contributed by atoms with van der Waals surface area (Å²) in [5, 5.41) is 5.68. The minimum Gasteiger partial charge on any atom is -0.306 e. The molecule has 1 heterocycles. The van der Waals surface area contributed by atoms with Gasteiger partial charge in [0.25, 0.3) is 5.91 Å². The van der Waals surface area contributed by atoms with Crippen LogP contribution in [0.2, 0.25) is 15.1 Å². The Labute approximate surface area is 183 Å². The topological polar surface area (TPSA) is 88.2 Å². The third-order valence-corrected chi connectivity index (χ3v) is 5.83. The van der Waals surface area contributed by atoms with Crippen LogP contribution in [-0.4, -0.2) is 21.1 Å². The molecule has 0 spiro atoms. The van der Waals surface area contributed by atoms with Crippen LogP contribution in [0.15, 0.2) is 70.7 Å². The molecule has 3 amide bonds. The lowest BCUT2D eigenvalue weighted by molar-refractivity contribution is 0.0967. The van der Waals surface area contributed by atoms with Crippen LogP contribution in [0, 0.1) is 0 Å². The molecule has 0 aliphatic heterocycles. The fourth-order valence-electron chi connectivity index (χ4n) is 2.29. The molecule has 3 aromatic rings. The Bertz CT molecular complexity index is 1070. The number of urea groups is 1. The number of imide groups is 1. The zero-order valence-corrected chi connectivity index (χ0v) is 17.6. The van der Waals surface area contributed by atoms with E-state index in [0.29, 0.717) is 20.6 Å². The first-order chi connectivity index (χ1) is 13.8. The first-order valence-corrected chi connectivity index (χ1v) is 10.3. The maximum absolute atomic E-state index is 12.5. The van der Waals surface area contributed by atoms with Gasteiger partial charge in [0.15, 0.2) is 0 Å². The molecule has 1 unspecified atom stereocenters. The predicted octanol–water partition coefficient (Wildman–Crippen LogP) is 5.17. The van der Waals surface area contributed by atoms with E-state index in [1.54, 1.807) is 30.3 Å².